The van der Waals surface area contributed by atoms with Gasteiger partial charge in [0.1, 0.15) is 0 Å². The number of carboxylic acid groups (broad SMARTS) is 2. The Kier molecular flexibility index (Phi) is 5.49. The molecule has 6 heteroatoms. The highest BCUT2D eigenvalue weighted by Gasteiger charge is 2.46. The average Bonchev–Trinajstić information content (AvgIpc) is 2.22. The van der Waals surface area contributed by atoms with Gasteiger partial charge in [0.2, 0.25) is 11.4 Å². The molecule has 0 aliphatic carbocycles. The van der Waals surface area contributed by atoms with Crippen molar-refractivity contribution in [2.45, 2.75) is 45.1 Å². The maximum atomic E-state index is 11.3. The lowest BCUT2D eigenvalue weighted by Gasteiger charge is -2.24. The molecule has 0 heterocycles. The second kappa shape index (κ2) is 6.09. The van der Waals surface area contributed by atoms with Crippen LogP contribution in [0, 0.1) is 0 Å². The van der Waals surface area contributed by atoms with E-state index in [4.69, 9.17) is 10.2 Å². The number of nitrogens with one attached hydrogen (secondary N) is 1. The maximum Gasteiger partial charge on any atom is 0.341 e. The van der Waals surface area contributed by atoms with Crippen molar-refractivity contribution in [2.24, 2.45) is 0 Å². The third kappa shape index (κ3) is 3.22. The van der Waals surface area contributed by atoms with Gasteiger partial charge < -0.3 is 15.5 Å². The van der Waals surface area contributed by atoms with Gasteiger partial charge in [0.15, 0.2) is 0 Å². The van der Waals surface area contributed by atoms with Gasteiger partial charge >= 0.3 is 11.9 Å². The number of carboxylic acids is 2. The van der Waals surface area contributed by atoms with E-state index in [0.717, 1.165) is 6.42 Å². The molecule has 0 saturated heterocycles. The average molecular weight is 231 g/mol. The van der Waals surface area contributed by atoms with Gasteiger partial charge in [-0.05, 0) is 12.8 Å². The molecule has 0 rings (SSSR count). The van der Waals surface area contributed by atoms with Crippen molar-refractivity contribution in [1.82, 2.24) is 5.32 Å². The standard InChI is InChI=1S/C10H17NO5/c1-3-5-6-7(12)11-10(4-2,8(13)14)9(15)16/h3-6H2,1-2H3,(H,11,12)(H,13,14)(H,15,16). The Morgan fingerprint density at radius 2 is 1.62 bits per heavy atom. The Labute approximate surface area is 93.6 Å². The highest BCUT2D eigenvalue weighted by atomic mass is 16.4. The third-order valence-corrected chi connectivity index (χ3v) is 2.37. The molecule has 0 fully saturated rings. The molecule has 0 aromatic rings. The number of amides is 1. The summed E-state index contributed by atoms with van der Waals surface area (Å²) in [5, 5.41) is 19.8. The van der Waals surface area contributed by atoms with E-state index in [1.807, 2.05) is 6.92 Å². The lowest BCUT2D eigenvalue weighted by Crippen LogP contribution is -2.59. The highest BCUT2D eigenvalue weighted by molar-refractivity contribution is 6.06. The van der Waals surface area contributed by atoms with Gasteiger partial charge in [-0.25, -0.2) is 9.59 Å². The molecule has 0 bridgehead atoms. The van der Waals surface area contributed by atoms with Crippen molar-refractivity contribution in [2.75, 3.05) is 0 Å². The van der Waals surface area contributed by atoms with E-state index < -0.39 is 23.4 Å². The fourth-order valence-electron chi connectivity index (χ4n) is 1.23. The molecule has 16 heavy (non-hydrogen) atoms. The summed E-state index contributed by atoms with van der Waals surface area (Å²) >= 11 is 0. The van der Waals surface area contributed by atoms with Gasteiger partial charge in [0.25, 0.3) is 0 Å². The number of unbranched alkanes of at least 4 members (excludes halogenated alkanes) is 1. The third-order valence-electron chi connectivity index (χ3n) is 2.37. The monoisotopic (exact) mass is 231 g/mol. The van der Waals surface area contributed by atoms with Gasteiger partial charge in [-0.3, -0.25) is 4.79 Å². The second-order valence-electron chi connectivity index (χ2n) is 3.52. The van der Waals surface area contributed by atoms with Gasteiger partial charge in [-0.1, -0.05) is 20.3 Å². The molecule has 0 spiro atoms. The van der Waals surface area contributed by atoms with Crippen LogP contribution < -0.4 is 5.32 Å². The molecule has 1 amide bonds. The summed E-state index contributed by atoms with van der Waals surface area (Å²) < 4.78 is 0. The van der Waals surface area contributed by atoms with Crippen molar-refractivity contribution >= 4 is 17.8 Å². The maximum absolute atomic E-state index is 11.3. The number of aliphatic carboxylic acids is 2. The van der Waals surface area contributed by atoms with Crippen LogP contribution in [0.25, 0.3) is 0 Å². The minimum Gasteiger partial charge on any atom is -0.479 e. The largest absolute Gasteiger partial charge is 0.479 e. The van der Waals surface area contributed by atoms with E-state index in [9.17, 15) is 14.4 Å². The molecular formula is C10H17NO5. The summed E-state index contributed by atoms with van der Waals surface area (Å²) in [6.45, 7) is 3.29. The molecule has 6 nitrogen and oxygen atoms in total. The molecule has 92 valence electrons. The van der Waals surface area contributed by atoms with E-state index in [-0.39, 0.29) is 12.8 Å². The van der Waals surface area contributed by atoms with Gasteiger partial charge in [0, 0.05) is 6.42 Å². The van der Waals surface area contributed by atoms with Crippen LogP contribution in [0.2, 0.25) is 0 Å². The second-order valence-corrected chi connectivity index (χ2v) is 3.52. The Morgan fingerprint density at radius 3 is 1.94 bits per heavy atom. The Bertz CT molecular complexity index is 273. The van der Waals surface area contributed by atoms with E-state index in [1.165, 1.54) is 6.92 Å². The van der Waals surface area contributed by atoms with Gasteiger partial charge in [-0.2, -0.15) is 0 Å². The Morgan fingerprint density at radius 1 is 1.12 bits per heavy atom. The number of carbonyl (C=O) groups is 3. The number of hydrogen-bond acceptors (Lipinski definition) is 3. The molecule has 0 aliphatic rings. The molecule has 0 aromatic carbocycles. The van der Waals surface area contributed by atoms with E-state index in [2.05, 4.69) is 5.32 Å². The smallest absolute Gasteiger partial charge is 0.341 e. The molecule has 0 aliphatic heterocycles. The fraction of sp³-hybridized carbons (Fsp3) is 0.700. The minimum atomic E-state index is -2.20. The predicted molar refractivity (Wildman–Crippen MR) is 56.0 cm³/mol. The van der Waals surface area contributed by atoms with Gasteiger partial charge in [0.05, 0.1) is 0 Å². The molecular weight excluding hydrogens is 214 g/mol. The summed E-state index contributed by atoms with van der Waals surface area (Å²) in [6, 6.07) is 0. The molecule has 0 radical (unpaired) electrons. The van der Waals surface area contributed by atoms with E-state index in [1.54, 1.807) is 0 Å². The normalized spacial score (nSPS) is 10.9. The zero-order valence-electron chi connectivity index (χ0n) is 9.45. The minimum absolute atomic E-state index is 0.138. The van der Waals surface area contributed by atoms with Crippen LogP contribution in [0.5, 0.6) is 0 Å². The van der Waals surface area contributed by atoms with Crippen LogP contribution in [-0.4, -0.2) is 33.6 Å². The molecule has 0 unspecified atom stereocenters. The lowest BCUT2D eigenvalue weighted by atomic mass is 9.96. The van der Waals surface area contributed by atoms with Crippen molar-refractivity contribution in [3.63, 3.8) is 0 Å². The van der Waals surface area contributed by atoms with Crippen LogP contribution in [0.3, 0.4) is 0 Å². The van der Waals surface area contributed by atoms with Crippen LogP contribution in [0.1, 0.15) is 39.5 Å². The quantitative estimate of drug-likeness (QED) is 0.557. The van der Waals surface area contributed by atoms with Crippen molar-refractivity contribution < 1.29 is 24.6 Å². The summed E-state index contributed by atoms with van der Waals surface area (Å²) in [5.41, 5.74) is -2.20. The Hall–Kier alpha value is -1.59. The van der Waals surface area contributed by atoms with Crippen LogP contribution in [-0.2, 0) is 14.4 Å². The molecule has 0 atom stereocenters. The first kappa shape index (κ1) is 14.4. The fourth-order valence-corrected chi connectivity index (χ4v) is 1.23. The zero-order chi connectivity index (χ0) is 12.8. The number of carbonyl (C=O) groups excluding carboxylic acids is 1. The van der Waals surface area contributed by atoms with Crippen LogP contribution in [0.4, 0.5) is 0 Å². The van der Waals surface area contributed by atoms with Crippen LogP contribution >= 0.6 is 0 Å². The molecule has 0 saturated carbocycles. The number of rotatable bonds is 7. The van der Waals surface area contributed by atoms with Crippen LogP contribution in [0.15, 0.2) is 0 Å². The van der Waals surface area contributed by atoms with Crippen molar-refractivity contribution in [3.05, 3.63) is 0 Å². The summed E-state index contributed by atoms with van der Waals surface area (Å²) in [5.74, 6) is -3.65. The molecule has 0 aromatic heterocycles. The lowest BCUT2D eigenvalue weighted by molar-refractivity contribution is -0.161. The first-order chi connectivity index (χ1) is 7.40. The van der Waals surface area contributed by atoms with Crippen molar-refractivity contribution in [1.29, 1.82) is 0 Å². The Balaban J connectivity index is 4.73. The first-order valence-electron chi connectivity index (χ1n) is 5.18. The van der Waals surface area contributed by atoms with Gasteiger partial charge in [-0.15, -0.1) is 0 Å². The SMILES string of the molecule is CCCCC(=O)NC(CC)(C(=O)O)C(=O)O. The number of hydrogen-bond donors (Lipinski definition) is 3. The van der Waals surface area contributed by atoms with E-state index >= 15 is 0 Å². The summed E-state index contributed by atoms with van der Waals surface area (Å²) in [6.07, 6.45) is 1.33. The first-order valence-corrected chi connectivity index (χ1v) is 5.18. The van der Waals surface area contributed by atoms with Crippen molar-refractivity contribution in [3.8, 4) is 0 Å². The predicted octanol–water partition coefficient (Wildman–Crippen LogP) is 0.611. The molecule has 3 N–H and O–H groups in total. The topological polar surface area (TPSA) is 104 Å². The highest BCUT2D eigenvalue weighted by Crippen LogP contribution is 2.12. The zero-order valence-corrected chi connectivity index (χ0v) is 9.45. The summed E-state index contributed by atoms with van der Waals surface area (Å²) in [7, 11) is 0. The summed E-state index contributed by atoms with van der Waals surface area (Å²) in [4.78, 5) is 33.2. The van der Waals surface area contributed by atoms with E-state index in [0.29, 0.717) is 6.42 Å².